The third-order valence-electron chi connectivity index (χ3n) is 5.34. The molecule has 0 spiro atoms. The van der Waals surface area contributed by atoms with Gasteiger partial charge in [-0.05, 0) is 19.8 Å². The van der Waals surface area contributed by atoms with Gasteiger partial charge in [0, 0.05) is 5.92 Å². The van der Waals surface area contributed by atoms with Gasteiger partial charge in [-0.2, -0.15) is 0 Å². The van der Waals surface area contributed by atoms with Crippen LogP contribution in [0.1, 0.15) is 40.0 Å². The molecule has 2 aliphatic rings. The number of rotatable bonds is 6. The number of carbonyl (C=O) groups is 2. The van der Waals surface area contributed by atoms with Crippen LogP contribution in [0.15, 0.2) is 12.7 Å². The maximum Gasteiger partial charge on any atom is 0.337 e. The fourth-order valence-corrected chi connectivity index (χ4v) is 4.01. The van der Waals surface area contributed by atoms with Crippen LogP contribution in [0.2, 0.25) is 0 Å². The number of aliphatic hydroxyl groups is 1. The number of fused-ring (bicyclic) bond motifs is 1. The lowest BCUT2D eigenvalue weighted by Crippen LogP contribution is -2.64. The Morgan fingerprint density at radius 3 is 2.83 bits per heavy atom. The minimum absolute atomic E-state index is 0.0508. The van der Waals surface area contributed by atoms with E-state index in [0.29, 0.717) is 6.42 Å². The number of esters is 1. The number of carbonyl (C=O) groups excluding carboxylic acids is 2. The fourth-order valence-electron chi connectivity index (χ4n) is 4.01. The zero-order chi connectivity index (χ0) is 17.4. The Morgan fingerprint density at radius 1 is 1.65 bits per heavy atom. The normalized spacial score (nSPS) is 37.6. The van der Waals surface area contributed by atoms with Gasteiger partial charge in [-0.3, -0.25) is 9.69 Å². The SMILES string of the molecule is C=CC[C@@H]1C(=O)N2[C@@H](C(C)CCC)OC[C@]2(C(=O)OC)[C@@]1(C)O. The fraction of sp³-hybridized carbons (Fsp3) is 0.765. The molecule has 0 radical (unpaired) electrons. The first-order valence-corrected chi connectivity index (χ1v) is 8.16. The van der Waals surface area contributed by atoms with E-state index in [0.717, 1.165) is 12.8 Å². The molecule has 2 heterocycles. The second-order valence-electron chi connectivity index (χ2n) is 6.75. The Morgan fingerprint density at radius 2 is 2.30 bits per heavy atom. The topological polar surface area (TPSA) is 76.1 Å². The van der Waals surface area contributed by atoms with Crippen molar-refractivity contribution in [3.05, 3.63) is 12.7 Å². The lowest BCUT2D eigenvalue weighted by Gasteiger charge is -2.38. The summed E-state index contributed by atoms with van der Waals surface area (Å²) in [4.78, 5) is 27.0. The molecule has 0 aliphatic carbocycles. The molecular formula is C17H27NO5. The quantitative estimate of drug-likeness (QED) is 0.591. The van der Waals surface area contributed by atoms with Crippen LogP contribution in [0.5, 0.6) is 0 Å². The number of hydrogen-bond acceptors (Lipinski definition) is 5. The second kappa shape index (κ2) is 6.24. The summed E-state index contributed by atoms with van der Waals surface area (Å²) in [7, 11) is 1.26. The van der Waals surface area contributed by atoms with Crippen molar-refractivity contribution in [3.8, 4) is 0 Å². The van der Waals surface area contributed by atoms with Crippen LogP contribution in [0.3, 0.4) is 0 Å². The molecule has 0 aromatic heterocycles. The molecule has 2 aliphatic heterocycles. The van der Waals surface area contributed by atoms with E-state index in [2.05, 4.69) is 13.5 Å². The standard InChI is InChI=1S/C17H27NO5/c1-6-8-11(3)14-18-13(19)12(9-7-2)16(4,21)17(18,10-23-14)15(20)22-5/h7,11-12,14,21H,2,6,8-10H2,1,3-5H3/t11?,12-,14-,16+,17+/m1/s1. The number of ether oxygens (including phenoxy) is 2. The van der Waals surface area contributed by atoms with Crippen molar-refractivity contribution in [2.45, 2.75) is 57.4 Å². The van der Waals surface area contributed by atoms with Crippen LogP contribution in [0.25, 0.3) is 0 Å². The van der Waals surface area contributed by atoms with E-state index in [4.69, 9.17) is 9.47 Å². The van der Waals surface area contributed by atoms with Crippen molar-refractivity contribution in [2.75, 3.05) is 13.7 Å². The lowest BCUT2D eigenvalue weighted by molar-refractivity contribution is -0.166. The van der Waals surface area contributed by atoms with E-state index in [1.807, 2.05) is 6.92 Å². The van der Waals surface area contributed by atoms with Gasteiger partial charge in [-0.25, -0.2) is 4.79 Å². The van der Waals surface area contributed by atoms with Crippen LogP contribution in [0, 0.1) is 11.8 Å². The minimum atomic E-state index is -1.58. The Bertz CT molecular complexity index is 503. The van der Waals surface area contributed by atoms with Gasteiger partial charge in [0.25, 0.3) is 0 Å². The Hall–Kier alpha value is -1.40. The van der Waals surface area contributed by atoms with Crippen molar-refractivity contribution in [2.24, 2.45) is 11.8 Å². The third-order valence-corrected chi connectivity index (χ3v) is 5.34. The number of hydrogen-bond donors (Lipinski definition) is 1. The zero-order valence-electron chi connectivity index (χ0n) is 14.4. The highest BCUT2D eigenvalue weighted by Crippen LogP contribution is 2.51. The first kappa shape index (κ1) is 17.9. The van der Waals surface area contributed by atoms with Crippen LogP contribution in [-0.4, -0.2) is 53.0 Å². The van der Waals surface area contributed by atoms with Crippen molar-refractivity contribution in [1.29, 1.82) is 0 Å². The van der Waals surface area contributed by atoms with Gasteiger partial charge in [0.1, 0.15) is 11.8 Å². The highest BCUT2D eigenvalue weighted by atomic mass is 16.6. The summed E-state index contributed by atoms with van der Waals surface area (Å²) in [6.45, 7) is 9.18. The molecule has 2 saturated heterocycles. The molecule has 0 aromatic rings. The van der Waals surface area contributed by atoms with Crippen molar-refractivity contribution < 1.29 is 24.2 Å². The number of amides is 1. The predicted molar refractivity (Wildman–Crippen MR) is 84.3 cm³/mol. The van der Waals surface area contributed by atoms with Gasteiger partial charge in [0.05, 0.1) is 19.6 Å². The molecule has 0 bridgehead atoms. The monoisotopic (exact) mass is 325 g/mol. The summed E-state index contributed by atoms with van der Waals surface area (Å²) >= 11 is 0. The molecule has 6 heteroatoms. The number of nitrogens with zero attached hydrogens (tertiary/aromatic N) is 1. The molecule has 6 nitrogen and oxygen atoms in total. The first-order valence-electron chi connectivity index (χ1n) is 8.16. The van der Waals surface area contributed by atoms with Crippen molar-refractivity contribution >= 4 is 11.9 Å². The molecule has 1 unspecified atom stereocenters. The Labute approximate surface area is 137 Å². The van der Waals surface area contributed by atoms with Crippen molar-refractivity contribution in [3.63, 3.8) is 0 Å². The average Bonchev–Trinajstić information content (AvgIpc) is 2.98. The van der Waals surface area contributed by atoms with Crippen LogP contribution in [0.4, 0.5) is 0 Å². The highest BCUT2D eigenvalue weighted by Gasteiger charge is 2.74. The highest BCUT2D eigenvalue weighted by molar-refractivity contribution is 5.96. The van der Waals surface area contributed by atoms with Crippen LogP contribution >= 0.6 is 0 Å². The van der Waals surface area contributed by atoms with Gasteiger partial charge in [0.15, 0.2) is 5.54 Å². The first-order chi connectivity index (χ1) is 10.8. The molecule has 0 aromatic carbocycles. The Kier molecular flexibility index (Phi) is 4.87. The van der Waals surface area contributed by atoms with E-state index >= 15 is 0 Å². The van der Waals surface area contributed by atoms with E-state index in [9.17, 15) is 14.7 Å². The number of methoxy groups -OCH3 is 1. The summed E-state index contributed by atoms with van der Waals surface area (Å²) in [5.41, 5.74) is -3.06. The summed E-state index contributed by atoms with van der Waals surface area (Å²) in [6, 6.07) is 0. The summed E-state index contributed by atoms with van der Waals surface area (Å²) in [5.74, 6) is -1.56. The zero-order valence-corrected chi connectivity index (χ0v) is 14.4. The molecule has 0 saturated carbocycles. The summed E-state index contributed by atoms with van der Waals surface area (Å²) in [6.07, 6.45) is 3.18. The third kappa shape index (κ3) is 2.31. The Balaban J connectivity index is 2.51. The van der Waals surface area contributed by atoms with E-state index in [-0.39, 0.29) is 18.4 Å². The molecule has 1 N–H and O–H groups in total. The molecule has 23 heavy (non-hydrogen) atoms. The van der Waals surface area contributed by atoms with Gasteiger partial charge in [-0.1, -0.05) is 26.3 Å². The lowest BCUT2D eigenvalue weighted by atomic mass is 9.75. The van der Waals surface area contributed by atoms with Gasteiger partial charge >= 0.3 is 5.97 Å². The molecule has 130 valence electrons. The van der Waals surface area contributed by atoms with Gasteiger partial charge in [-0.15, -0.1) is 6.58 Å². The molecule has 1 amide bonds. The summed E-state index contributed by atoms with van der Waals surface area (Å²) in [5, 5.41) is 11.1. The maximum atomic E-state index is 13.0. The van der Waals surface area contributed by atoms with Crippen LogP contribution < -0.4 is 0 Å². The molecule has 5 atom stereocenters. The smallest absolute Gasteiger partial charge is 0.337 e. The van der Waals surface area contributed by atoms with Crippen LogP contribution in [-0.2, 0) is 19.1 Å². The maximum absolute atomic E-state index is 13.0. The molecule has 2 fully saturated rings. The summed E-state index contributed by atoms with van der Waals surface area (Å²) < 4.78 is 10.8. The van der Waals surface area contributed by atoms with E-state index in [1.165, 1.54) is 18.9 Å². The average molecular weight is 325 g/mol. The van der Waals surface area contributed by atoms with E-state index < -0.39 is 29.3 Å². The molecular weight excluding hydrogens is 298 g/mol. The molecule has 2 rings (SSSR count). The number of allylic oxidation sites excluding steroid dienone is 1. The van der Waals surface area contributed by atoms with Gasteiger partial charge in [0.2, 0.25) is 5.91 Å². The minimum Gasteiger partial charge on any atom is -0.467 e. The van der Waals surface area contributed by atoms with Crippen molar-refractivity contribution in [1.82, 2.24) is 4.90 Å². The van der Waals surface area contributed by atoms with E-state index in [1.54, 1.807) is 6.08 Å². The van der Waals surface area contributed by atoms with Gasteiger partial charge < -0.3 is 14.6 Å². The predicted octanol–water partition coefficient (Wildman–Crippen LogP) is 1.48. The second-order valence-corrected chi connectivity index (χ2v) is 6.75. The largest absolute Gasteiger partial charge is 0.467 e.